The van der Waals surface area contributed by atoms with E-state index in [4.69, 9.17) is 0 Å². The van der Waals surface area contributed by atoms with Crippen molar-refractivity contribution in [2.45, 2.75) is 13.1 Å². The second-order valence-electron chi connectivity index (χ2n) is 4.72. The molecule has 0 saturated heterocycles. The molecule has 3 aromatic rings. The minimum absolute atomic E-state index is 0.814. The largest absolute Gasteiger partial charge is 0.348 e. The average Bonchev–Trinajstić information content (AvgIpc) is 2.92. The van der Waals surface area contributed by atoms with Gasteiger partial charge in [0, 0.05) is 36.7 Å². The van der Waals surface area contributed by atoms with Gasteiger partial charge in [0.15, 0.2) is 0 Å². The van der Waals surface area contributed by atoms with E-state index in [1.807, 2.05) is 18.6 Å². The number of nitrogens with zero attached hydrogens (tertiary/aromatic N) is 3. The Labute approximate surface area is 112 Å². The lowest BCUT2D eigenvalue weighted by Crippen LogP contribution is -2.18. The van der Waals surface area contributed by atoms with Crippen LogP contribution < -0.4 is 0 Å². The van der Waals surface area contributed by atoms with Gasteiger partial charge in [0.1, 0.15) is 5.82 Å². The molecule has 0 saturated carbocycles. The summed E-state index contributed by atoms with van der Waals surface area (Å²) in [6.07, 6.45) is 7.39. The monoisotopic (exact) mass is 252 g/mol. The summed E-state index contributed by atoms with van der Waals surface area (Å²) in [5.41, 5.74) is 1.31. The molecule has 0 fully saturated rings. The van der Waals surface area contributed by atoms with Gasteiger partial charge < -0.3 is 4.98 Å². The smallest absolute Gasteiger partial charge is 0.120 e. The van der Waals surface area contributed by atoms with Crippen LogP contribution in [-0.4, -0.2) is 26.9 Å². The first-order chi connectivity index (χ1) is 9.33. The van der Waals surface area contributed by atoms with Crippen LogP contribution in [0.3, 0.4) is 0 Å². The molecule has 0 aliphatic rings. The van der Waals surface area contributed by atoms with Crippen molar-refractivity contribution in [3.8, 4) is 0 Å². The minimum Gasteiger partial charge on any atom is -0.348 e. The number of H-pyrrole nitrogens is 1. The maximum absolute atomic E-state index is 4.25. The fourth-order valence-corrected chi connectivity index (χ4v) is 2.31. The molecule has 3 rings (SSSR count). The normalized spacial score (nSPS) is 11.3. The van der Waals surface area contributed by atoms with Crippen LogP contribution in [0.5, 0.6) is 0 Å². The number of benzene rings is 1. The van der Waals surface area contributed by atoms with E-state index in [1.54, 1.807) is 6.20 Å². The molecule has 4 heteroatoms. The molecule has 0 radical (unpaired) electrons. The number of aromatic nitrogens is 3. The number of aromatic amines is 1. The Morgan fingerprint density at radius 2 is 2.11 bits per heavy atom. The standard InChI is InChI=1S/C15H16N4/c1-19(11-15-17-7-8-18-15)10-13-4-2-3-12-9-16-6-5-14(12)13/h2-9H,10-11H2,1H3,(H,17,18). The zero-order valence-electron chi connectivity index (χ0n) is 10.9. The van der Waals surface area contributed by atoms with Gasteiger partial charge in [-0.15, -0.1) is 0 Å². The van der Waals surface area contributed by atoms with Gasteiger partial charge >= 0.3 is 0 Å². The Kier molecular flexibility index (Phi) is 3.25. The second kappa shape index (κ2) is 5.20. The zero-order chi connectivity index (χ0) is 13.1. The van der Waals surface area contributed by atoms with Crippen LogP contribution in [0.25, 0.3) is 10.8 Å². The number of fused-ring (bicyclic) bond motifs is 1. The van der Waals surface area contributed by atoms with E-state index in [0.717, 1.165) is 18.9 Å². The highest BCUT2D eigenvalue weighted by Crippen LogP contribution is 2.19. The number of hydrogen-bond donors (Lipinski definition) is 1. The Bertz CT molecular complexity index is 655. The lowest BCUT2D eigenvalue weighted by atomic mass is 10.1. The summed E-state index contributed by atoms with van der Waals surface area (Å²) in [7, 11) is 2.10. The number of nitrogens with one attached hydrogen (secondary N) is 1. The van der Waals surface area contributed by atoms with E-state index in [9.17, 15) is 0 Å². The van der Waals surface area contributed by atoms with Gasteiger partial charge in [-0.25, -0.2) is 4.98 Å². The fraction of sp³-hybridized carbons (Fsp3) is 0.200. The maximum atomic E-state index is 4.25. The summed E-state index contributed by atoms with van der Waals surface area (Å²) in [4.78, 5) is 13.8. The number of rotatable bonds is 4. The molecule has 96 valence electrons. The van der Waals surface area contributed by atoms with Gasteiger partial charge in [0.25, 0.3) is 0 Å². The van der Waals surface area contributed by atoms with Crippen LogP contribution in [0.4, 0.5) is 0 Å². The first-order valence-electron chi connectivity index (χ1n) is 6.31. The molecule has 2 aromatic heterocycles. The van der Waals surface area contributed by atoms with E-state index in [-0.39, 0.29) is 0 Å². The summed E-state index contributed by atoms with van der Waals surface area (Å²) in [6, 6.07) is 8.42. The SMILES string of the molecule is CN(Cc1ncc[nH]1)Cc1cccc2cnccc12. The van der Waals surface area contributed by atoms with Crippen LogP contribution in [-0.2, 0) is 13.1 Å². The molecule has 1 N–H and O–H groups in total. The van der Waals surface area contributed by atoms with Crippen LogP contribution in [0.15, 0.2) is 49.1 Å². The van der Waals surface area contributed by atoms with Gasteiger partial charge in [-0.1, -0.05) is 18.2 Å². The van der Waals surface area contributed by atoms with Crippen molar-refractivity contribution in [3.63, 3.8) is 0 Å². The highest BCUT2D eigenvalue weighted by atomic mass is 15.1. The van der Waals surface area contributed by atoms with Gasteiger partial charge in [0.05, 0.1) is 6.54 Å². The third-order valence-corrected chi connectivity index (χ3v) is 3.19. The van der Waals surface area contributed by atoms with Gasteiger partial charge in [0.2, 0.25) is 0 Å². The third-order valence-electron chi connectivity index (χ3n) is 3.19. The van der Waals surface area contributed by atoms with Crippen molar-refractivity contribution in [1.82, 2.24) is 19.9 Å². The number of hydrogen-bond acceptors (Lipinski definition) is 3. The molecular formula is C15H16N4. The lowest BCUT2D eigenvalue weighted by Gasteiger charge is -2.16. The predicted molar refractivity (Wildman–Crippen MR) is 75.5 cm³/mol. The first kappa shape index (κ1) is 11.9. The molecule has 2 heterocycles. The minimum atomic E-state index is 0.814. The molecule has 0 aliphatic carbocycles. The molecule has 0 unspecified atom stereocenters. The number of imidazole rings is 1. The molecular weight excluding hydrogens is 236 g/mol. The molecule has 1 aromatic carbocycles. The van der Waals surface area contributed by atoms with E-state index in [1.165, 1.54) is 16.3 Å². The third kappa shape index (κ3) is 2.63. The molecule has 0 amide bonds. The summed E-state index contributed by atoms with van der Waals surface area (Å²) in [5.74, 6) is 0.990. The van der Waals surface area contributed by atoms with E-state index in [2.05, 4.69) is 51.2 Å². The summed E-state index contributed by atoms with van der Waals surface area (Å²) in [5, 5.41) is 2.45. The van der Waals surface area contributed by atoms with Gasteiger partial charge in [-0.3, -0.25) is 9.88 Å². The van der Waals surface area contributed by atoms with Crippen molar-refractivity contribution in [2.75, 3.05) is 7.05 Å². The Morgan fingerprint density at radius 3 is 2.95 bits per heavy atom. The van der Waals surface area contributed by atoms with Crippen molar-refractivity contribution < 1.29 is 0 Å². The molecule has 4 nitrogen and oxygen atoms in total. The van der Waals surface area contributed by atoms with Crippen molar-refractivity contribution in [1.29, 1.82) is 0 Å². The highest BCUT2D eigenvalue weighted by molar-refractivity contribution is 5.84. The topological polar surface area (TPSA) is 44.8 Å². The maximum Gasteiger partial charge on any atom is 0.120 e. The fourth-order valence-electron chi connectivity index (χ4n) is 2.31. The van der Waals surface area contributed by atoms with Crippen LogP contribution in [0.1, 0.15) is 11.4 Å². The van der Waals surface area contributed by atoms with Gasteiger partial charge in [-0.2, -0.15) is 0 Å². The Morgan fingerprint density at radius 1 is 1.16 bits per heavy atom. The first-order valence-corrected chi connectivity index (χ1v) is 6.31. The Hall–Kier alpha value is -2.20. The molecule has 19 heavy (non-hydrogen) atoms. The quantitative estimate of drug-likeness (QED) is 0.776. The van der Waals surface area contributed by atoms with Crippen molar-refractivity contribution >= 4 is 10.8 Å². The molecule has 0 atom stereocenters. The molecule has 0 spiro atoms. The van der Waals surface area contributed by atoms with E-state index >= 15 is 0 Å². The zero-order valence-corrected chi connectivity index (χ0v) is 10.9. The summed E-state index contributed by atoms with van der Waals surface area (Å²) < 4.78 is 0. The van der Waals surface area contributed by atoms with E-state index < -0.39 is 0 Å². The van der Waals surface area contributed by atoms with Crippen molar-refractivity contribution in [3.05, 3.63) is 60.4 Å². The lowest BCUT2D eigenvalue weighted by molar-refractivity contribution is 0.313. The van der Waals surface area contributed by atoms with Crippen LogP contribution in [0, 0.1) is 0 Å². The molecule has 0 bridgehead atoms. The molecule has 0 aliphatic heterocycles. The highest BCUT2D eigenvalue weighted by Gasteiger charge is 2.06. The van der Waals surface area contributed by atoms with Crippen LogP contribution >= 0.6 is 0 Å². The van der Waals surface area contributed by atoms with Crippen LogP contribution in [0.2, 0.25) is 0 Å². The van der Waals surface area contributed by atoms with E-state index in [0.29, 0.717) is 0 Å². The summed E-state index contributed by atoms with van der Waals surface area (Å²) in [6.45, 7) is 1.70. The van der Waals surface area contributed by atoms with Crippen molar-refractivity contribution in [2.24, 2.45) is 0 Å². The predicted octanol–water partition coefficient (Wildman–Crippen LogP) is 2.59. The number of pyridine rings is 1. The average molecular weight is 252 g/mol. The second-order valence-corrected chi connectivity index (χ2v) is 4.72. The van der Waals surface area contributed by atoms with Gasteiger partial charge in [-0.05, 0) is 24.1 Å². The summed E-state index contributed by atoms with van der Waals surface area (Å²) >= 11 is 0. The Balaban J connectivity index is 1.81.